The molecule has 2 heterocycles. The van der Waals surface area contributed by atoms with Crippen molar-refractivity contribution in [1.82, 2.24) is 13.9 Å². The molecule has 0 aromatic heterocycles. The van der Waals surface area contributed by atoms with Crippen molar-refractivity contribution in [3.05, 3.63) is 53.1 Å². The maximum Gasteiger partial charge on any atom is 0.243 e. The van der Waals surface area contributed by atoms with Gasteiger partial charge >= 0.3 is 0 Å². The molecule has 0 aliphatic carbocycles. The van der Waals surface area contributed by atoms with E-state index in [4.69, 9.17) is 12.2 Å². The van der Waals surface area contributed by atoms with E-state index in [1.165, 1.54) is 8.61 Å². The molecule has 2 aromatic carbocycles. The van der Waals surface area contributed by atoms with Crippen LogP contribution in [0.3, 0.4) is 0 Å². The number of anilines is 1. The number of aryl methyl sites for hydroxylation is 1. The zero-order valence-corrected chi connectivity index (χ0v) is 24.6. The fourth-order valence-corrected chi connectivity index (χ4v) is 8.59. The van der Waals surface area contributed by atoms with Crippen molar-refractivity contribution >= 4 is 55.2 Å². The first-order valence-electron chi connectivity index (χ1n) is 13.0. The third-order valence-electron chi connectivity index (χ3n) is 6.67. The van der Waals surface area contributed by atoms with Crippen LogP contribution < -0.4 is 10.6 Å². The molecule has 0 saturated carbocycles. The number of hydrogen-bond acceptors (Lipinski definition) is 5. The van der Waals surface area contributed by atoms with Crippen molar-refractivity contribution in [1.29, 1.82) is 0 Å². The van der Waals surface area contributed by atoms with Gasteiger partial charge in [-0.25, -0.2) is 16.8 Å². The fourth-order valence-electron chi connectivity index (χ4n) is 4.72. The van der Waals surface area contributed by atoms with Crippen LogP contribution in [0.4, 0.5) is 5.69 Å². The molecule has 11 heteroatoms. The van der Waals surface area contributed by atoms with Crippen LogP contribution in [0.5, 0.6) is 0 Å². The highest BCUT2D eigenvalue weighted by atomic mass is 32.2. The van der Waals surface area contributed by atoms with Crippen LogP contribution in [0, 0.1) is 6.92 Å². The molecule has 2 fully saturated rings. The summed E-state index contributed by atoms with van der Waals surface area (Å²) in [6, 6.07) is 10.5. The van der Waals surface area contributed by atoms with E-state index in [1.807, 2.05) is 26.8 Å². The Bertz CT molecular complexity index is 1420. The normalized spacial score (nSPS) is 17.5. The maximum atomic E-state index is 13.6. The van der Waals surface area contributed by atoms with Crippen LogP contribution in [0.15, 0.2) is 46.2 Å². The van der Waals surface area contributed by atoms with Crippen molar-refractivity contribution in [2.45, 2.75) is 62.3 Å². The Morgan fingerprint density at radius 1 is 0.816 bits per heavy atom. The van der Waals surface area contributed by atoms with E-state index < -0.39 is 20.0 Å². The SMILES string of the molecule is Cc1ccc(/C=C/c2ccc(NC(=S)NC(C)C)cc2S(=O)(=O)N2CCCC2)c(S(=O)(=O)N2CCCC2)c1. The van der Waals surface area contributed by atoms with Crippen LogP contribution in [-0.4, -0.2) is 62.8 Å². The molecule has 8 nitrogen and oxygen atoms in total. The highest BCUT2D eigenvalue weighted by molar-refractivity contribution is 7.89. The summed E-state index contributed by atoms with van der Waals surface area (Å²) in [7, 11) is -7.42. The first-order valence-corrected chi connectivity index (χ1v) is 16.3. The minimum absolute atomic E-state index is 0.130. The second kappa shape index (κ2) is 11.8. The molecule has 0 amide bonds. The van der Waals surface area contributed by atoms with Crippen LogP contribution in [0.25, 0.3) is 12.2 Å². The largest absolute Gasteiger partial charge is 0.360 e. The van der Waals surface area contributed by atoms with E-state index in [0.29, 0.717) is 48.1 Å². The molecule has 2 aromatic rings. The summed E-state index contributed by atoms with van der Waals surface area (Å²) in [4.78, 5) is 0.395. The van der Waals surface area contributed by atoms with Gasteiger partial charge in [-0.1, -0.05) is 30.4 Å². The lowest BCUT2D eigenvalue weighted by Gasteiger charge is -2.19. The van der Waals surface area contributed by atoms with Gasteiger partial charge in [0.2, 0.25) is 20.0 Å². The number of thiocarbonyl (C=S) groups is 1. The Labute approximate surface area is 232 Å². The summed E-state index contributed by atoms with van der Waals surface area (Å²) in [5, 5.41) is 6.58. The van der Waals surface area contributed by atoms with E-state index in [9.17, 15) is 16.8 Å². The smallest absolute Gasteiger partial charge is 0.243 e. The van der Waals surface area contributed by atoms with Gasteiger partial charge in [-0.15, -0.1) is 0 Å². The van der Waals surface area contributed by atoms with Gasteiger partial charge in [0.05, 0.1) is 9.79 Å². The van der Waals surface area contributed by atoms with Gasteiger partial charge in [0.15, 0.2) is 5.11 Å². The molecule has 0 bridgehead atoms. The maximum absolute atomic E-state index is 13.6. The molecule has 2 N–H and O–H groups in total. The molecule has 0 atom stereocenters. The predicted octanol–water partition coefficient (Wildman–Crippen LogP) is 4.43. The number of hydrogen-bond donors (Lipinski definition) is 2. The average molecular weight is 577 g/mol. The van der Waals surface area contributed by atoms with Gasteiger partial charge < -0.3 is 10.6 Å². The first-order chi connectivity index (χ1) is 18.0. The molecular weight excluding hydrogens is 541 g/mol. The third-order valence-corrected chi connectivity index (χ3v) is 10.8. The van der Waals surface area contributed by atoms with E-state index in [-0.39, 0.29) is 15.8 Å². The van der Waals surface area contributed by atoms with Gasteiger partial charge in [-0.2, -0.15) is 8.61 Å². The molecule has 2 aliphatic rings. The Kier molecular flexibility index (Phi) is 8.93. The fraction of sp³-hybridized carbons (Fsp3) is 0.444. The van der Waals surface area contributed by atoms with Gasteiger partial charge in [0.25, 0.3) is 0 Å². The van der Waals surface area contributed by atoms with E-state index in [1.54, 1.807) is 42.5 Å². The van der Waals surface area contributed by atoms with Crippen molar-refractivity contribution in [3.63, 3.8) is 0 Å². The molecule has 2 saturated heterocycles. The zero-order valence-electron chi connectivity index (χ0n) is 22.1. The van der Waals surface area contributed by atoms with E-state index >= 15 is 0 Å². The van der Waals surface area contributed by atoms with Gasteiger partial charge in [0, 0.05) is 37.9 Å². The Hall–Kier alpha value is -2.31. The van der Waals surface area contributed by atoms with Crippen LogP contribution in [0.2, 0.25) is 0 Å². The Balaban J connectivity index is 1.74. The highest BCUT2D eigenvalue weighted by Crippen LogP contribution is 2.30. The molecular formula is C27H36N4O4S3. The van der Waals surface area contributed by atoms with Crippen molar-refractivity contribution in [2.24, 2.45) is 0 Å². The highest BCUT2D eigenvalue weighted by Gasteiger charge is 2.30. The Morgan fingerprint density at radius 3 is 1.79 bits per heavy atom. The number of nitrogens with zero attached hydrogens (tertiary/aromatic N) is 2. The van der Waals surface area contributed by atoms with Gasteiger partial charge in [-0.05, 0) is 93.6 Å². The van der Waals surface area contributed by atoms with E-state index in [2.05, 4.69) is 10.6 Å². The standard InChI is InChI=1S/C27H36N4O4S3/c1-20(2)28-27(36)29-24-13-12-23(26(19-24)38(34,35)31-16-6-7-17-31)11-10-22-9-8-21(3)18-25(22)37(32,33)30-14-4-5-15-30/h8-13,18-20H,4-7,14-17H2,1-3H3,(H2,28,29,36)/b11-10+. The molecule has 2 aliphatic heterocycles. The second-order valence-electron chi connectivity index (χ2n) is 10.1. The molecule has 206 valence electrons. The summed E-state index contributed by atoms with van der Waals surface area (Å²) < 4.78 is 57.1. The number of rotatable bonds is 8. The zero-order chi connectivity index (χ0) is 27.5. The lowest BCUT2D eigenvalue weighted by atomic mass is 10.1. The summed E-state index contributed by atoms with van der Waals surface area (Å²) in [6.07, 6.45) is 6.73. The summed E-state index contributed by atoms with van der Waals surface area (Å²) in [5.74, 6) is 0. The van der Waals surface area contributed by atoms with Gasteiger partial charge in [-0.3, -0.25) is 0 Å². The lowest BCUT2D eigenvalue weighted by Crippen LogP contribution is -2.34. The summed E-state index contributed by atoms with van der Waals surface area (Å²) in [6.45, 7) is 7.78. The molecule has 0 spiro atoms. The second-order valence-corrected chi connectivity index (χ2v) is 14.3. The summed E-state index contributed by atoms with van der Waals surface area (Å²) in [5.41, 5.74) is 2.41. The number of sulfonamides is 2. The first kappa shape index (κ1) is 28.7. The average Bonchev–Trinajstić information content (AvgIpc) is 3.58. The van der Waals surface area contributed by atoms with Crippen LogP contribution >= 0.6 is 12.2 Å². The molecule has 4 rings (SSSR count). The molecule has 0 radical (unpaired) electrons. The third kappa shape index (κ3) is 6.45. The quantitative estimate of drug-likeness (QED) is 0.354. The van der Waals surface area contributed by atoms with Crippen LogP contribution in [0.1, 0.15) is 56.2 Å². The van der Waals surface area contributed by atoms with E-state index in [0.717, 1.165) is 31.2 Å². The number of nitrogens with one attached hydrogen (secondary N) is 2. The minimum atomic E-state index is -3.76. The Morgan fingerprint density at radius 2 is 1.29 bits per heavy atom. The minimum Gasteiger partial charge on any atom is -0.360 e. The summed E-state index contributed by atoms with van der Waals surface area (Å²) >= 11 is 5.35. The van der Waals surface area contributed by atoms with Crippen molar-refractivity contribution < 1.29 is 16.8 Å². The molecule has 0 unspecified atom stereocenters. The van der Waals surface area contributed by atoms with Crippen molar-refractivity contribution in [3.8, 4) is 0 Å². The topological polar surface area (TPSA) is 98.8 Å². The predicted molar refractivity (Wildman–Crippen MR) is 157 cm³/mol. The van der Waals surface area contributed by atoms with Crippen molar-refractivity contribution in [2.75, 3.05) is 31.5 Å². The monoisotopic (exact) mass is 576 g/mol. The number of benzene rings is 2. The van der Waals surface area contributed by atoms with Crippen LogP contribution in [-0.2, 0) is 20.0 Å². The lowest BCUT2D eigenvalue weighted by molar-refractivity contribution is 0.476. The molecule has 38 heavy (non-hydrogen) atoms. The van der Waals surface area contributed by atoms with Gasteiger partial charge in [0.1, 0.15) is 0 Å².